The second kappa shape index (κ2) is 9.88. The number of ether oxygens (including phenoxy) is 1. The molecule has 1 aliphatic heterocycles. The number of sulfone groups is 1. The normalized spacial score (nSPS) is 18.0. The van der Waals surface area contributed by atoms with Crippen molar-refractivity contribution < 1.29 is 26.7 Å². The zero-order valence-electron chi connectivity index (χ0n) is 17.3. The number of carbonyl (C=O) groups is 1. The number of amides is 1. The van der Waals surface area contributed by atoms with Crippen LogP contribution in [-0.4, -0.2) is 56.3 Å². The third-order valence-electron chi connectivity index (χ3n) is 4.67. The highest BCUT2D eigenvalue weighted by Gasteiger charge is 2.29. The molecule has 32 heavy (non-hydrogen) atoms. The van der Waals surface area contributed by atoms with Crippen molar-refractivity contribution in [1.29, 1.82) is 0 Å². The molecule has 2 atom stereocenters. The van der Waals surface area contributed by atoms with E-state index in [0.717, 1.165) is 11.7 Å². The number of morpholine rings is 1. The fourth-order valence-corrected chi connectivity index (χ4v) is 3.92. The van der Waals surface area contributed by atoms with Crippen LogP contribution in [0.4, 0.5) is 14.6 Å². The summed E-state index contributed by atoms with van der Waals surface area (Å²) in [6.45, 7) is 2.36. The Balaban J connectivity index is 1.82. The van der Waals surface area contributed by atoms with E-state index in [0.29, 0.717) is 18.7 Å². The highest BCUT2D eigenvalue weighted by Crippen LogP contribution is 2.33. The molecule has 8 nitrogen and oxygen atoms in total. The number of hydrogen-bond donors (Lipinski definition) is 1. The van der Waals surface area contributed by atoms with Gasteiger partial charge in [0.1, 0.15) is 5.82 Å². The van der Waals surface area contributed by atoms with Crippen LogP contribution < -0.4 is 10.2 Å². The second-order valence-electron chi connectivity index (χ2n) is 7.21. The highest BCUT2D eigenvalue weighted by atomic mass is 35.5. The summed E-state index contributed by atoms with van der Waals surface area (Å²) < 4.78 is 56.4. The summed E-state index contributed by atoms with van der Waals surface area (Å²) in [6.07, 6.45) is 3.51. The third kappa shape index (κ3) is 5.78. The molecule has 2 aromatic rings. The van der Waals surface area contributed by atoms with Crippen molar-refractivity contribution in [2.75, 3.05) is 30.9 Å². The quantitative estimate of drug-likeness (QED) is 0.669. The predicted molar refractivity (Wildman–Crippen MR) is 115 cm³/mol. The maximum absolute atomic E-state index is 14.7. The summed E-state index contributed by atoms with van der Waals surface area (Å²) >= 11 is 6.12. The first kappa shape index (κ1) is 24.0. The van der Waals surface area contributed by atoms with Crippen molar-refractivity contribution >= 4 is 33.2 Å². The summed E-state index contributed by atoms with van der Waals surface area (Å²) in [7, 11) is -3.36. The van der Waals surface area contributed by atoms with Gasteiger partial charge >= 0.3 is 0 Å². The molecule has 12 heteroatoms. The van der Waals surface area contributed by atoms with Crippen LogP contribution >= 0.6 is 11.6 Å². The number of rotatable bonds is 6. The molecule has 0 aliphatic carbocycles. The fraction of sp³-hybridized carbons (Fsp3) is 0.350. The van der Waals surface area contributed by atoms with Gasteiger partial charge in [0.25, 0.3) is 5.91 Å². The molecule has 1 amide bonds. The third-order valence-corrected chi connectivity index (χ3v) is 5.72. The number of nitrogens with zero attached hydrogens (tertiary/aromatic N) is 3. The topological polar surface area (TPSA) is 101 Å². The van der Waals surface area contributed by atoms with Crippen LogP contribution in [0.1, 0.15) is 29.0 Å². The lowest BCUT2D eigenvalue weighted by Crippen LogP contribution is -2.40. The highest BCUT2D eigenvalue weighted by molar-refractivity contribution is 7.93. The molecule has 1 N–H and O–H groups in total. The van der Waals surface area contributed by atoms with Gasteiger partial charge in [-0.25, -0.2) is 17.8 Å². The first-order valence-corrected chi connectivity index (χ1v) is 11.9. The van der Waals surface area contributed by atoms with Crippen molar-refractivity contribution in [2.24, 2.45) is 0 Å². The minimum Gasteiger partial charge on any atom is -0.377 e. The zero-order chi connectivity index (χ0) is 23.5. The van der Waals surface area contributed by atoms with Gasteiger partial charge in [-0.3, -0.25) is 4.79 Å². The van der Waals surface area contributed by atoms with Crippen molar-refractivity contribution in [3.8, 4) is 0 Å². The number of benzene rings is 1. The van der Waals surface area contributed by atoms with E-state index in [4.69, 9.17) is 16.3 Å². The van der Waals surface area contributed by atoms with Crippen molar-refractivity contribution in [1.82, 2.24) is 15.3 Å². The Kier molecular flexibility index (Phi) is 7.42. The summed E-state index contributed by atoms with van der Waals surface area (Å²) in [5, 5.41) is 3.31. The minimum atomic E-state index is -3.36. The molecule has 1 aliphatic rings. The van der Waals surface area contributed by atoms with E-state index in [1.54, 1.807) is 11.0 Å². The molecule has 2 heterocycles. The molecule has 1 aromatic carbocycles. The number of halogens is 3. The SMILES string of the molecule is C[C@H](/C=C/S(C)(=O)=O)NC(=O)c1ncc(N2CCOC[C@H]2c2cccc(F)c2Cl)nc1F. The largest absolute Gasteiger partial charge is 0.377 e. The first-order valence-electron chi connectivity index (χ1n) is 9.57. The second-order valence-corrected chi connectivity index (χ2v) is 9.52. The Bertz CT molecular complexity index is 1150. The molecular weight excluding hydrogens is 466 g/mol. The smallest absolute Gasteiger partial charge is 0.275 e. The Labute approximate surface area is 189 Å². The lowest BCUT2D eigenvalue weighted by molar-refractivity contribution is 0.0925. The minimum absolute atomic E-state index is 0.0615. The number of nitrogens with one attached hydrogen (secondary N) is 1. The number of carbonyl (C=O) groups excluding carboxylic acids is 1. The molecule has 0 saturated carbocycles. The number of aromatic nitrogens is 2. The first-order chi connectivity index (χ1) is 15.1. The van der Waals surface area contributed by atoms with E-state index in [1.807, 2.05) is 0 Å². The van der Waals surface area contributed by atoms with E-state index in [2.05, 4.69) is 15.3 Å². The van der Waals surface area contributed by atoms with Gasteiger partial charge in [-0.1, -0.05) is 29.8 Å². The van der Waals surface area contributed by atoms with Crippen LogP contribution in [-0.2, 0) is 14.6 Å². The molecule has 1 aromatic heterocycles. The van der Waals surface area contributed by atoms with E-state index in [-0.39, 0.29) is 17.4 Å². The molecule has 1 fully saturated rings. The van der Waals surface area contributed by atoms with E-state index < -0.39 is 45.3 Å². The van der Waals surface area contributed by atoms with E-state index in [1.165, 1.54) is 31.3 Å². The van der Waals surface area contributed by atoms with Gasteiger partial charge in [-0.15, -0.1) is 0 Å². The van der Waals surface area contributed by atoms with Gasteiger partial charge in [0.05, 0.1) is 30.5 Å². The summed E-state index contributed by atoms with van der Waals surface area (Å²) in [6, 6.07) is 3.19. The molecule has 0 radical (unpaired) electrons. The van der Waals surface area contributed by atoms with Gasteiger partial charge in [-0.2, -0.15) is 9.37 Å². The van der Waals surface area contributed by atoms with Crippen molar-refractivity contribution in [3.05, 3.63) is 63.9 Å². The van der Waals surface area contributed by atoms with Gasteiger partial charge in [0.2, 0.25) is 5.95 Å². The molecule has 0 spiro atoms. The van der Waals surface area contributed by atoms with Gasteiger partial charge in [0, 0.05) is 24.3 Å². The Morgan fingerprint density at radius 2 is 2.16 bits per heavy atom. The molecule has 3 rings (SSSR count). The van der Waals surface area contributed by atoms with Crippen LogP contribution in [0.5, 0.6) is 0 Å². The Morgan fingerprint density at radius 1 is 1.41 bits per heavy atom. The Morgan fingerprint density at radius 3 is 2.84 bits per heavy atom. The average Bonchev–Trinajstić information content (AvgIpc) is 2.73. The van der Waals surface area contributed by atoms with Crippen LogP contribution in [0.2, 0.25) is 5.02 Å². The van der Waals surface area contributed by atoms with Crippen LogP contribution in [0.15, 0.2) is 35.9 Å². The monoisotopic (exact) mass is 486 g/mol. The van der Waals surface area contributed by atoms with Gasteiger partial charge in [0.15, 0.2) is 21.3 Å². The Hall–Kier alpha value is -2.63. The molecular formula is C20H21ClF2N4O4S. The average molecular weight is 487 g/mol. The van der Waals surface area contributed by atoms with Gasteiger partial charge in [-0.05, 0) is 18.6 Å². The molecule has 172 valence electrons. The molecule has 1 saturated heterocycles. The zero-order valence-corrected chi connectivity index (χ0v) is 18.8. The van der Waals surface area contributed by atoms with Crippen molar-refractivity contribution in [3.63, 3.8) is 0 Å². The molecule has 0 bridgehead atoms. The van der Waals surface area contributed by atoms with Gasteiger partial charge < -0.3 is 15.0 Å². The molecule has 0 unspecified atom stereocenters. The lowest BCUT2D eigenvalue weighted by Gasteiger charge is -2.37. The summed E-state index contributed by atoms with van der Waals surface area (Å²) in [5.74, 6) is -2.40. The number of anilines is 1. The predicted octanol–water partition coefficient (Wildman–Crippen LogP) is 2.66. The lowest BCUT2D eigenvalue weighted by atomic mass is 10.0. The van der Waals surface area contributed by atoms with Crippen LogP contribution in [0.3, 0.4) is 0 Å². The fourth-order valence-electron chi connectivity index (χ4n) is 3.15. The van der Waals surface area contributed by atoms with Crippen molar-refractivity contribution in [2.45, 2.75) is 19.0 Å². The maximum atomic E-state index is 14.7. The standard InChI is InChI=1S/C20H21ClF2N4O4S/c1-12(6-9-32(2,29)30)25-20(28)18-19(23)26-16(10-24-18)27-7-8-31-11-15(27)13-4-3-5-14(22)17(13)21/h3-6,9-10,12,15H,7-8,11H2,1-2H3,(H,25,28)/b9-6+/t12-,15+/m1/s1. The summed E-state index contributed by atoms with van der Waals surface area (Å²) in [4.78, 5) is 21.8. The van der Waals surface area contributed by atoms with Crippen LogP contribution in [0, 0.1) is 11.8 Å². The number of hydrogen-bond acceptors (Lipinski definition) is 7. The summed E-state index contributed by atoms with van der Waals surface area (Å²) in [5.41, 5.74) is -0.0798. The van der Waals surface area contributed by atoms with E-state index in [9.17, 15) is 22.0 Å². The van der Waals surface area contributed by atoms with Crippen LogP contribution in [0.25, 0.3) is 0 Å². The van der Waals surface area contributed by atoms with E-state index >= 15 is 0 Å². The maximum Gasteiger partial charge on any atom is 0.275 e.